The topological polar surface area (TPSA) is 29.5 Å². The molecule has 5 aliphatic carbocycles. The van der Waals surface area contributed by atoms with Gasteiger partial charge >= 0.3 is 0 Å². The number of hydrogen-bond donors (Lipinski definition) is 1. The zero-order valence-electron chi connectivity index (χ0n) is 16.4. The molecule has 2 nitrogen and oxygen atoms in total. The Morgan fingerprint density at radius 3 is 2.52 bits per heavy atom. The van der Waals surface area contributed by atoms with Gasteiger partial charge in [-0.25, -0.2) is 0 Å². The van der Waals surface area contributed by atoms with E-state index in [-0.39, 0.29) is 11.7 Å². The van der Waals surface area contributed by atoms with Crippen LogP contribution in [-0.4, -0.2) is 22.9 Å². The van der Waals surface area contributed by atoms with Gasteiger partial charge in [-0.3, -0.25) is 0 Å². The SMILES string of the molecule is CC1(O[C@H]2CC[C@H]3[C@@H]4CC=C5C[C@@H](O)CC[C@]5(C)[C@H]4CC[C@]23C)CC1. The highest BCUT2D eigenvalue weighted by Crippen LogP contribution is 2.65. The molecule has 4 saturated carbocycles. The second kappa shape index (κ2) is 5.35. The van der Waals surface area contributed by atoms with Crippen molar-refractivity contribution in [2.75, 3.05) is 0 Å². The molecule has 0 saturated heterocycles. The van der Waals surface area contributed by atoms with Crippen LogP contribution in [-0.2, 0) is 4.74 Å². The highest BCUT2D eigenvalue weighted by atomic mass is 16.5. The summed E-state index contributed by atoms with van der Waals surface area (Å²) in [5, 5.41) is 10.1. The van der Waals surface area contributed by atoms with Crippen molar-refractivity contribution in [2.24, 2.45) is 28.6 Å². The van der Waals surface area contributed by atoms with Crippen LogP contribution in [0.2, 0.25) is 0 Å². The van der Waals surface area contributed by atoms with Crippen molar-refractivity contribution >= 4 is 0 Å². The summed E-state index contributed by atoms with van der Waals surface area (Å²) in [4.78, 5) is 0. The van der Waals surface area contributed by atoms with Gasteiger partial charge in [-0.1, -0.05) is 25.5 Å². The van der Waals surface area contributed by atoms with Crippen LogP contribution in [0.4, 0.5) is 0 Å². The van der Waals surface area contributed by atoms with Crippen LogP contribution in [0, 0.1) is 28.6 Å². The average Bonchev–Trinajstić information content (AvgIpc) is 3.21. The quantitative estimate of drug-likeness (QED) is 0.693. The van der Waals surface area contributed by atoms with E-state index in [4.69, 9.17) is 4.74 Å². The van der Waals surface area contributed by atoms with Gasteiger partial charge in [-0.2, -0.15) is 0 Å². The Hall–Kier alpha value is -0.340. The molecule has 25 heavy (non-hydrogen) atoms. The molecule has 0 radical (unpaired) electrons. The number of fused-ring (bicyclic) bond motifs is 5. The van der Waals surface area contributed by atoms with Crippen LogP contribution in [0.15, 0.2) is 11.6 Å². The normalized spacial score (nSPS) is 53.4. The van der Waals surface area contributed by atoms with E-state index >= 15 is 0 Å². The standard InChI is InChI=1S/C23H36O2/c1-21(12-13-21)25-20-7-6-18-17-5-4-15-14-16(24)8-10-22(15,2)19(17)9-11-23(18,20)3/h4,16-20,24H,5-14H2,1-3H3/t16-,17-,18-,19-,20-,22-,23-/m0/s1. The van der Waals surface area contributed by atoms with Gasteiger partial charge in [0, 0.05) is 0 Å². The summed E-state index contributed by atoms with van der Waals surface area (Å²) in [5.41, 5.74) is 2.57. The molecule has 0 amide bonds. The molecule has 140 valence electrons. The first-order valence-electron chi connectivity index (χ1n) is 10.9. The fourth-order valence-corrected chi connectivity index (χ4v) is 7.42. The van der Waals surface area contributed by atoms with Gasteiger partial charge < -0.3 is 9.84 Å². The second-order valence-electron chi connectivity index (χ2n) is 10.8. The third-order valence-electron chi connectivity index (χ3n) is 9.37. The van der Waals surface area contributed by atoms with Crippen molar-refractivity contribution < 1.29 is 9.84 Å². The molecule has 5 rings (SSSR count). The van der Waals surface area contributed by atoms with Gasteiger partial charge in [0.25, 0.3) is 0 Å². The zero-order valence-corrected chi connectivity index (χ0v) is 16.4. The van der Waals surface area contributed by atoms with Crippen molar-refractivity contribution in [2.45, 2.75) is 103 Å². The molecule has 0 aliphatic heterocycles. The number of aliphatic hydroxyl groups excluding tert-OH is 1. The van der Waals surface area contributed by atoms with Gasteiger partial charge in [0.05, 0.1) is 17.8 Å². The number of hydrogen-bond acceptors (Lipinski definition) is 2. The molecule has 0 aromatic carbocycles. The molecule has 0 spiro atoms. The first-order chi connectivity index (χ1) is 11.8. The molecule has 0 aromatic heterocycles. The van der Waals surface area contributed by atoms with Gasteiger partial charge in [-0.15, -0.1) is 0 Å². The Morgan fingerprint density at radius 2 is 1.76 bits per heavy atom. The van der Waals surface area contributed by atoms with Crippen molar-refractivity contribution in [3.05, 3.63) is 11.6 Å². The molecule has 1 N–H and O–H groups in total. The molecule has 0 bridgehead atoms. The van der Waals surface area contributed by atoms with E-state index in [0.717, 1.165) is 30.6 Å². The Bertz CT molecular complexity index is 591. The molecule has 0 aromatic rings. The van der Waals surface area contributed by atoms with E-state index in [9.17, 15) is 5.11 Å². The summed E-state index contributed by atoms with van der Waals surface area (Å²) in [6.45, 7) is 7.40. The lowest BCUT2D eigenvalue weighted by molar-refractivity contribution is -0.119. The molecule has 7 atom stereocenters. The van der Waals surface area contributed by atoms with Gasteiger partial charge in [0.1, 0.15) is 0 Å². The molecule has 0 unspecified atom stereocenters. The van der Waals surface area contributed by atoms with Crippen LogP contribution >= 0.6 is 0 Å². The largest absolute Gasteiger partial charge is 0.393 e. The smallest absolute Gasteiger partial charge is 0.0660 e. The van der Waals surface area contributed by atoms with Crippen LogP contribution < -0.4 is 0 Å². The Kier molecular flexibility index (Phi) is 3.60. The van der Waals surface area contributed by atoms with Crippen LogP contribution in [0.3, 0.4) is 0 Å². The van der Waals surface area contributed by atoms with E-state index < -0.39 is 0 Å². The maximum Gasteiger partial charge on any atom is 0.0660 e. The molecule has 0 heterocycles. The van der Waals surface area contributed by atoms with E-state index in [2.05, 4.69) is 26.8 Å². The van der Waals surface area contributed by atoms with Crippen LogP contribution in [0.1, 0.15) is 85.0 Å². The summed E-state index contributed by atoms with van der Waals surface area (Å²) in [6.07, 6.45) is 15.3. The monoisotopic (exact) mass is 344 g/mol. The third-order valence-corrected chi connectivity index (χ3v) is 9.37. The maximum atomic E-state index is 10.1. The number of aliphatic hydroxyl groups is 1. The number of rotatable bonds is 2. The Labute approximate surface area is 153 Å². The lowest BCUT2D eigenvalue weighted by Gasteiger charge is -2.58. The summed E-state index contributed by atoms with van der Waals surface area (Å²) < 4.78 is 6.66. The minimum Gasteiger partial charge on any atom is -0.393 e. The second-order valence-corrected chi connectivity index (χ2v) is 10.8. The third kappa shape index (κ3) is 2.42. The number of allylic oxidation sites excluding steroid dienone is 1. The highest BCUT2D eigenvalue weighted by molar-refractivity contribution is 5.25. The average molecular weight is 345 g/mol. The first kappa shape index (κ1) is 16.8. The minimum absolute atomic E-state index is 0.0896. The predicted molar refractivity (Wildman–Crippen MR) is 100 cm³/mol. The molecule has 5 aliphatic rings. The van der Waals surface area contributed by atoms with Crippen molar-refractivity contribution in [1.82, 2.24) is 0 Å². The van der Waals surface area contributed by atoms with Crippen LogP contribution in [0.25, 0.3) is 0 Å². The maximum absolute atomic E-state index is 10.1. The van der Waals surface area contributed by atoms with E-state index in [1.54, 1.807) is 5.57 Å². The number of ether oxygens (including phenoxy) is 1. The fraction of sp³-hybridized carbons (Fsp3) is 0.913. The first-order valence-corrected chi connectivity index (χ1v) is 10.9. The predicted octanol–water partition coefficient (Wildman–Crippen LogP) is 5.25. The highest BCUT2D eigenvalue weighted by Gasteiger charge is 2.60. The lowest BCUT2D eigenvalue weighted by atomic mass is 9.48. The molecular formula is C23H36O2. The van der Waals surface area contributed by atoms with E-state index in [1.807, 2.05) is 0 Å². The summed E-state index contributed by atoms with van der Waals surface area (Å²) in [6, 6.07) is 0. The Morgan fingerprint density at radius 1 is 0.960 bits per heavy atom. The fourth-order valence-electron chi connectivity index (χ4n) is 7.42. The van der Waals surface area contributed by atoms with Crippen LogP contribution in [0.5, 0.6) is 0 Å². The van der Waals surface area contributed by atoms with Crippen molar-refractivity contribution in [3.63, 3.8) is 0 Å². The van der Waals surface area contributed by atoms with E-state index in [1.165, 1.54) is 51.4 Å². The Balaban J connectivity index is 1.41. The molecular weight excluding hydrogens is 308 g/mol. The summed E-state index contributed by atoms with van der Waals surface area (Å²) in [7, 11) is 0. The van der Waals surface area contributed by atoms with Crippen molar-refractivity contribution in [1.29, 1.82) is 0 Å². The molecule has 4 fully saturated rings. The van der Waals surface area contributed by atoms with E-state index in [0.29, 0.717) is 16.9 Å². The lowest BCUT2D eigenvalue weighted by Crippen LogP contribution is -2.51. The van der Waals surface area contributed by atoms with Gasteiger partial charge in [0.15, 0.2) is 0 Å². The van der Waals surface area contributed by atoms with Gasteiger partial charge in [-0.05, 0) is 99.7 Å². The minimum atomic E-state index is -0.0896. The summed E-state index contributed by atoms with van der Waals surface area (Å²) >= 11 is 0. The zero-order chi connectivity index (χ0) is 17.4. The molecule has 2 heteroatoms. The summed E-state index contributed by atoms with van der Waals surface area (Å²) in [5.74, 6) is 2.54. The van der Waals surface area contributed by atoms with Gasteiger partial charge in [0.2, 0.25) is 0 Å². The van der Waals surface area contributed by atoms with Crippen molar-refractivity contribution in [3.8, 4) is 0 Å².